The van der Waals surface area contributed by atoms with Crippen molar-refractivity contribution in [2.24, 2.45) is 5.92 Å². The van der Waals surface area contributed by atoms with Crippen LogP contribution in [0.2, 0.25) is 0 Å². The van der Waals surface area contributed by atoms with E-state index >= 15 is 0 Å². The van der Waals surface area contributed by atoms with Crippen molar-refractivity contribution in [3.63, 3.8) is 0 Å². The molecule has 3 fully saturated rings. The standard InChI is InChI=1S/C7H10FNO/c1-4(10)9-3-5-2-6(9)7(5)8/h5-7H,2-3H2,1H3/t5-,6-,7+/m0/s1. The fraction of sp³-hybridized carbons (Fsp3) is 0.857. The van der Waals surface area contributed by atoms with Gasteiger partial charge in [0.25, 0.3) is 0 Å². The van der Waals surface area contributed by atoms with E-state index < -0.39 is 6.17 Å². The molecule has 1 amide bonds. The molecule has 2 heterocycles. The Morgan fingerprint density at radius 1 is 1.70 bits per heavy atom. The third-order valence-electron chi connectivity index (χ3n) is 2.60. The second-order valence-electron chi connectivity index (χ2n) is 3.18. The smallest absolute Gasteiger partial charge is 0.219 e. The highest BCUT2D eigenvalue weighted by Crippen LogP contribution is 2.42. The summed E-state index contributed by atoms with van der Waals surface area (Å²) >= 11 is 0. The highest BCUT2D eigenvalue weighted by Gasteiger charge is 2.53. The Bertz CT molecular complexity index is 182. The molecule has 1 saturated carbocycles. The number of nitrogens with zero attached hydrogens (tertiary/aromatic N) is 1. The first-order chi connectivity index (χ1) is 4.70. The maximum Gasteiger partial charge on any atom is 0.219 e. The molecule has 0 spiro atoms. The molecular weight excluding hydrogens is 133 g/mol. The summed E-state index contributed by atoms with van der Waals surface area (Å²) in [5.74, 6) is 0.182. The lowest BCUT2D eigenvalue weighted by Gasteiger charge is -2.29. The molecule has 3 atom stereocenters. The minimum absolute atomic E-state index is 0.0210. The number of halogens is 1. The first-order valence-electron chi connectivity index (χ1n) is 3.61. The van der Waals surface area contributed by atoms with Gasteiger partial charge in [-0.05, 0) is 6.42 Å². The fourth-order valence-electron chi connectivity index (χ4n) is 1.91. The van der Waals surface area contributed by atoms with Crippen LogP contribution in [-0.2, 0) is 4.79 Å². The second-order valence-corrected chi connectivity index (χ2v) is 3.18. The van der Waals surface area contributed by atoms with Crippen LogP contribution in [0.15, 0.2) is 0 Å². The van der Waals surface area contributed by atoms with Gasteiger partial charge in [0, 0.05) is 19.4 Å². The van der Waals surface area contributed by atoms with Gasteiger partial charge in [-0.1, -0.05) is 0 Å². The Morgan fingerprint density at radius 3 is 2.60 bits per heavy atom. The number of fused-ring (bicyclic) bond motifs is 1. The highest BCUT2D eigenvalue weighted by atomic mass is 19.1. The molecule has 0 aromatic heterocycles. The maximum absolute atomic E-state index is 12.8. The zero-order chi connectivity index (χ0) is 7.30. The molecule has 0 unspecified atom stereocenters. The Kier molecular flexibility index (Phi) is 1.05. The Morgan fingerprint density at radius 2 is 2.40 bits per heavy atom. The van der Waals surface area contributed by atoms with Crippen molar-refractivity contribution in [1.29, 1.82) is 0 Å². The molecule has 56 valence electrons. The van der Waals surface area contributed by atoms with E-state index in [1.807, 2.05) is 0 Å². The fourth-order valence-corrected chi connectivity index (χ4v) is 1.91. The minimum atomic E-state index is -0.719. The van der Waals surface area contributed by atoms with Crippen molar-refractivity contribution < 1.29 is 9.18 Å². The van der Waals surface area contributed by atoms with Gasteiger partial charge in [0.05, 0.1) is 6.04 Å². The van der Waals surface area contributed by atoms with Gasteiger partial charge in [0.1, 0.15) is 6.17 Å². The molecule has 3 heteroatoms. The number of hydrogen-bond donors (Lipinski definition) is 0. The molecule has 0 aromatic carbocycles. The monoisotopic (exact) mass is 143 g/mol. The van der Waals surface area contributed by atoms with Crippen LogP contribution < -0.4 is 0 Å². The van der Waals surface area contributed by atoms with Gasteiger partial charge < -0.3 is 4.90 Å². The number of carbonyl (C=O) groups excluding carboxylic acids is 1. The molecule has 1 aliphatic carbocycles. The summed E-state index contributed by atoms with van der Waals surface area (Å²) in [4.78, 5) is 12.4. The van der Waals surface area contributed by atoms with E-state index in [2.05, 4.69) is 0 Å². The Balaban J connectivity index is 2.10. The molecule has 3 rings (SSSR count). The van der Waals surface area contributed by atoms with Crippen molar-refractivity contribution >= 4 is 5.91 Å². The van der Waals surface area contributed by atoms with E-state index in [9.17, 15) is 9.18 Å². The lowest BCUT2D eigenvalue weighted by atomic mass is 9.84. The average molecular weight is 143 g/mol. The maximum atomic E-state index is 12.8. The van der Waals surface area contributed by atoms with Crippen LogP contribution in [0.25, 0.3) is 0 Å². The van der Waals surface area contributed by atoms with E-state index in [-0.39, 0.29) is 17.9 Å². The summed E-state index contributed by atoms with van der Waals surface area (Å²) in [6, 6.07) is -0.0671. The lowest BCUT2D eigenvalue weighted by Crippen LogP contribution is -2.41. The summed E-state index contributed by atoms with van der Waals surface area (Å²) < 4.78 is 12.8. The third kappa shape index (κ3) is 0.554. The van der Waals surface area contributed by atoms with Gasteiger partial charge in [-0.2, -0.15) is 0 Å². The van der Waals surface area contributed by atoms with Crippen LogP contribution in [0.3, 0.4) is 0 Å². The van der Waals surface area contributed by atoms with Crippen molar-refractivity contribution in [2.75, 3.05) is 6.54 Å². The number of rotatable bonds is 0. The van der Waals surface area contributed by atoms with Crippen LogP contribution in [0, 0.1) is 5.92 Å². The molecule has 2 bridgehead atoms. The van der Waals surface area contributed by atoms with Crippen LogP contribution in [-0.4, -0.2) is 29.6 Å². The Hall–Kier alpha value is -0.600. The molecule has 0 aromatic rings. The molecule has 2 aliphatic heterocycles. The lowest BCUT2D eigenvalue weighted by molar-refractivity contribution is -0.129. The quantitative estimate of drug-likeness (QED) is 0.485. The summed E-state index contributed by atoms with van der Waals surface area (Å²) in [5, 5.41) is 0. The normalized spacial score (nSPS) is 43.4. The molecule has 0 radical (unpaired) electrons. The number of carbonyl (C=O) groups is 1. The number of amides is 1. The SMILES string of the molecule is CC(=O)N1C[C@@H]2C[C@H]1[C@@H]2F. The van der Waals surface area contributed by atoms with Gasteiger partial charge in [0.15, 0.2) is 0 Å². The van der Waals surface area contributed by atoms with E-state index in [1.54, 1.807) is 4.90 Å². The predicted octanol–water partition coefficient (Wildman–Crippen LogP) is 0.575. The summed E-state index contributed by atoms with van der Waals surface area (Å²) in [6.45, 7) is 2.16. The highest BCUT2D eigenvalue weighted by molar-refractivity contribution is 5.74. The van der Waals surface area contributed by atoms with Crippen molar-refractivity contribution in [1.82, 2.24) is 4.90 Å². The summed E-state index contributed by atoms with van der Waals surface area (Å²) in [5.41, 5.74) is 0. The zero-order valence-electron chi connectivity index (χ0n) is 5.88. The van der Waals surface area contributed by atoms with E-state index in [4.69, 9.17) is 0 Å². The first kappa shape index (κ1) is 6.13. The van der Waals surface area contributed by atoms with Gasteiger partial charge >= 0.3 is 0 Å². The second kappa shape index (κ2) is 1.71. The molecule has 3 aliphatic rings. The summed E-state index contributed by atoms with van der Waals surface area (Å²) in [7, 11) is 0. The minimum Gasteiger partial charge on any atom is -0.337 e. The van der Waals surface area contributed by atoms with Gasteiger partial charge in [-0.15, -0.1) is 0 Å². The van der Waals surface area contributed by atoms with Crippen molar-refractivity contribution in [3.8, 4) is 0 Å². The molecule has 0 N–H and O–H groups in total. The van der Waals surface area contributed by atoms with E-state index in [0.29, 0.717) is 6.54 Å². The number of alkyl halides is 1. The van der Waals surface area contributed by atoms with Gasteiger partial charge in [-0.25, -0.2) is 4.39 Å². The van der Waals surface area contributed by atoms with Crippen LogP contribution in [0.5, 0.6) is 0 Å². The topological polar surface area (TPSA) is 20.3 Å². The van der Waals surface area contributed by atoms with Crippen LogP contribution in [0.4, 0.5) is 4.39 Å². The van der Waals surface area contributed by atoms with Crippen LogP contribution >= 0.6 is 0 Å². The largest absolute Gasteiger partial charge is 0.337 e. The molecule has 2 nitrogen and oxygen atoms in total. The molecule has 10 heavy (non-hydrogen) atoms. The predicted molar refractivity (Wildman–Crippen MR) is 34.2 cm³/mol. The average Bonchev–Trinajstić information content (AvgIpc) is 2.40. The van der Waals surface area contributed by atoms with E-state index in [0.717, 1.165) is 6.42 Å². The third-order valence-corrected chi connectivity index (χ3v) is 2.60. The Labute approximate surface area is 59.0 Å². The van der Waals surface area contributed by atoms with Gasteiger partial charge in [0.2, 0.25) is 5.91 Å². The van der Waals surface area contributed by atoms with E-state index in [1.165, 1.54) is 6.92 Å². The number of hydrogen-bond acceptors (Lipinski definition) is 1. The van der Waals surface area contributed by atoms with Crippen molar-refractivity contribution in [2.45, 2.75) is 25.6 Å². The summed E-state index contributed by atoms with van der Waals surface area (Å²) in [6.07, 6.45) is 0.171. The molecular formula is C7H10FNO. The van der Waals surface area contributed by atoms with Gasteiger partial charge in [-0.3, -0.25) is 4.79 Å². The first-order valence-corrected chi connectivity index (χ1v) is 3.61. The van der Waals surface area contributed by atoms with Crippen LogP contribution in [0.1, 0.15) is 13.3 Å². The van der Waals surface area contributed by atoms with Crippen molar-refractivity contribution in [3.05, 3.63) is 0 Å². The zero-order valence-corrected chi connectivity index (χ0v) is 5.88. The molecule has 2 saturated heterocycles.